The molecule has 2 fully saturated rings. The number of rotatable bonds is 4. The van der Waals surface area contributed by atoms with Gasteiger partial charge in [0, 0.05) is 23.4 Å². The van der Waals surface area contributed by atoms with Gasteiger partial charge in [-0.25, -0.2) is 4.98 Å². The van der Waals surface area contributed by atoms with E-state index in [0.29, 0.717) is 42.9 Å². The van der Waals surface area contributed by atoms with Crippen LogP contribution in [0.3, 0.4) is 0 Å². The molecule has 1 saturated carbocycles. The van der Waals surface area contributed by atoms with E-state index in [0.717, 1.165) is 29.6 Å². The fourth-order valence-corrected chi connectivity index (χ4v) is 4.57. The second-order valence-electron chi connectivity index (χ2n) is 8.70. The van der Waals surface area contributed by atoms with Crippen molar-refractivity contribution in [2.75, 3.05) is 25.1 Å². The van der Waals surface area contributed by atoms with E-state index >= 15 is 0 Å². The average molecular weight is 445 g/mol. The number of nitrogens with zero attached hydrogens (tertiary/aromatic N) is 4. The summed E-state index contributed by atoms with van der Waals surface area (Å²) in [5.41, 5.74) is 3.37. The van der Waals surface area contributed by atoms with E-state index in [4.69, 9.17) is 14.0 Å². The molecule has 1 saturated heterocycles. The van der Waals surface area contributed by atoms with Crippen molar-refractivity contribution in [1.82, 2.24) is 19.5 Å². The van der Waals surface area contributed by atoms with Gasteiger partial charge in [-0.2, -0.15) is 4.98 Å². The molecule has 4 aromatic rings. The summed E-state index contributed by atoms with van der Waals surface area (Å²) in [6.45, 7) is 3.85. The van der Waals surface area contributed by atoms with Crippen molar-refractivity contribution in [2.24, 2.45) is 0 Å². The maximum absolute atomic E-state index is 12.9. The first-order valence-electron chi connectivity index (χ1n) is 11.0. The Bertz CT molecular complexity index is 1330. The third kappa shape index (κ3) is 3.59. The quantitative estimate of drug-likeness (QED) is 0.512. The molecule has 0 unspecified atom stereocenters. The number of ether oxygens (including phenoxy) is 2. The maximum atomic E-state index is 12.9. The van der Waals surface area contributed by atoms with Crippen LogP contribution >= 0.6 is 0 Å². The summed E-state index contributed by atoms with van der Waals surface area (Å²) in [5.74, 6) is 1.05. The molecule has 168 valence electrons. The van der Waals surface area contributed by atoms with E-state index in [1.165, 1.54) is 0 Å². The summed E-state index contributed by atoms with van der Waals surface area (Å²) < 4.78 is 18.8. The van der Waals surface area contributed by atoms with Crippen LogP contribution in [0.15, 0.2) is 53.3 Å². The first-order chi connectivity index (χ1) is 16.1. The standard InChI is InChI=1S/C24H23N5O4/c1-15-5-6-16(10-18(15)26-22(30)19-13-25-20-4-2-3-7-29(19)20)21-27-23(33-28-21)17-11-24(12-17)14-31-8-9-32-24/h2-7,10,13,17H,8-9,11-12,14H2,1H3,(H,26,30). The summed E-state index contributed by atoms with van der Waals surface area (Å²) in [6.07, 6.45) is 5.03. The first-order valence-corrected chi connectivity index (χ1v) is 11.0. The van der Waals surface area contributed by atoms with Crippen molar-refractivity contribution in [2.45, 2.75) is 31.3 Å². The number of amides is 1. The van der Waals surface area contributed by atoms with Crippen LogP contribution in [0.4, 0.5) is 5.69 Å². The third-order valence-corrected chi connectivity index (χ3v) is 6.42. The van der Waals surface area contributed by atoms with Crippen molar-refractivity contribution in [3.63, 3.8) is 0 Å². The number of carbonyl (C=O) groups excluding carboxylic acids is 1. The molecule has 1 amide bonds. The summed E-state index contributed by atoms with van der Waals surface area (Å²) in [7, 11) is 0. The van der Waals surface area contributed by atoms with Gasteiger partial charge < -0.3 is 19.3 Å². The van der Waals surface area contributed by atoms with E-state index in [1.54, 1.807) is 10.6 Å². The zero-order valence-electron chi connectivity index (χ0n) is 18.2. The van der Waals surface area contributed by atoms with Gasteiger partial charge in [-0.1, -0.05) is 23.4 Å². The number of benzene rings is 1. The lowest BCUT2D eigenvalue weighted by atomic mass is 9.70. The number of hydrogen-bond acceptors (Lipinski definition) is 7. The van der Waals surface area contributed by atoms with Crippen molar-refractivity contribution < 1.29 is 18.8 Å². The van der Waals surface area contributed by atoms with Gasteiger partial charge in [0.15, 0.2) is 0 Å². The highest BCUT2D eigenvalue weighted by Crippen LogP contribution is 2.48. The molecule has 3 aromatic heterocycles. The maximum Gasteiger partial charge on any atom is 0.274 e. The monoisotopic (exact) mass is 445 g/mol. The van der Waals surface area contributed by atoms with Gasteiger partial charge in [0.05, 0.1) is 31.6 Å². The first kappa shape index (κ1) is 20.1. The molecular weight excluding hydrogens is 422 g/mol. The molecule has 9 heteroatoms. The second kappa shape index (κ2) is 7.79. The fraction of sp³-hybridized carbons (Fsp3) is 0.333. The number of aromatic nitrogens is 4. The number of anilines is 1. The highest BCUT2D eigenvalue weighted by molar-refractivity contribution is 6.04. The zero-order chi connectivity index (χ0) is 22.4. The fourth-order valence-electron chi connectivity index (χ4n) is 4.57. The normalized spacial score (nSPS) is 22.4. The van der Waals surface area contributed by atoms with Gasteiger partial charge in [0.25, 0.3) is 5.91 Å². The highest BCUT2D eigenvalue weighted by Gasteiger charge is 2.49. The zero-order valence-corrected chi connectivity index (χ0v) is 18.2. The Hall–Kier alpha value is -3.56. The Kier molecular flexibility index (Phi) is 4.74. The molecule has 0 bridgehead atoms. The molecule has 4 heterocycles. The Balaban J connectivity index is 1.20. The van der Waals surface area contributed by atoms with E-state index in [1.807, 2.05) is 49.5 Å². The predicted octanol–water partition coefficient (Wildman–Crippen LogP) is 3.61. The molecule has 6 rings (SSSR count). The van der Waals surface area contributed by atoms with Gasteiger partial charge in [-0.05, 0) is 43.5 Å². The summed E-state index contributed by atoms with van der Waals surface area (Å²) in [6, 6.07) is 11.3. The lowest BCUT2D eigenvalue weighted by molar-refractivity contribution is -0.200. The van der Waals surface area contributed by atoms with E-state index in [9.17, 15) is 4.79 Å². The van der Waals surface area contributed by atoms with Crippen LogP contribution in [-0.2, 0) is 9.47 Å². The van der Waals surface area contributed by atoms with Crippen LogP contribution in [0.2, 0.25) is 0 Å². The summed E-state index contributed by atoms with van der Waals surface area (Å²) in [4.78, 5) is 21.8. The molecule has 33 heavy (non-hydrogen) atoms. The molecule has 2 aliphatic rings. The van der Waals surface area contributed by atoms with Crippen molar-refractivity contribution in [3.05, 3.63) is 65.9 Å². The number of carbonyl (C=O) groups is 1. The molecule has 1 N–H and O–H groups in total. The molecule has 1 aliphatic carbocycles. The Morgan fingerprint density at radius 1 is 1.21 bits per heavy atom. The SMILES string of the molecule is Cc1ccc(-c2noc(C3CC4(COCCO4)C3)n2)cc1NC(=O)c1cnc2ccccn12. The lowest BCUT2D eigenvalue weighted by Gasteiger charge is -2.47. The summed E-state index contributed by atoms with van der Waals surface area (Å²) >= 11 is 0. The number of pyridine rings is 1. The minimum absolute atomic E-state index is 0.174. The lowest BCUT2D eigenvalue weighted by Crippen LogP contribution is -2.52. The molecule has 0 radical (unpaired) electrons. The second-order valence-corrected chi connectivity index (χ2v) is 8.70. The van der Waals surface area contributed by atoms with Crippen molar-refractivity contribution >= 4 is 17.2 Å². The van der Waals surface area contributed by atoms with Gasteiger partial charge in [-0.15, -0.1) is 0 Å². The van der Waals surface area contributed by atoms with Crippen molar-refractivity contribution in [3.8, 4) is 11.4 Å². The minimum Gasteiger partial charge on any atom is -0.376 e. The Morgan fingerprint density at radius 2 is 2.12 bits per heavy atom. The number of aryl methyl sites for hydroxylation is 1. The van der Waals surface area contributed by atoms with Gasteiger partial charge >= 0.3 is 0 Å². The van der Waals surface area contributed by atoms with Gasteiger partial charge in [-0.3, -0.25) is 9.20 Å². The Morgan fingerprint density at radius 3 is 2.97 bits per heavy atom. The van der Waals surface area contributed by atoms with Crippen LogP contribution in [0.25, 0.3) is 17.0 Å². The van der Waals surface area contributed by atoms with Crippen LogP contribution in [-0.4, -0.2) is 50.9 Å². The molecule has 1 aromatic carbocycles. The van der Waals surface area contributed by atoms with E-state index in [2.05, 4.69) is 20.4 Å². The highest BCUT2D eigenvalue weighted by atomic mass is 16.6. The van der Waals surface area contributed by atoms with Crippen LogP contribution in [0.1, 0.15) is 40.7 Å². The third-order valence-electron chi connectivity index (χ3n) is 6.42. The minimum atomic E-state index is -0.239. The smallest absolute Gasteiger partial charge is 0.274 e. The number of imidazole rings is 1. The average Bonchev–Trinajstić information content (AvgIpc) is 3.47. The van der Waals surface area contributed by atoms with Crippen molar-refractivity contribution in [1.29, 1.82) is 0 Å². The van der Waals surface area contributed by atoms with Crippen LogP contribution in [0.5, 0.6) is 0 Å². The summed E-state index contributed by atoms with van der Waals surface area (Å²) in [5, 5.41) is 7.17. The molecular formula is C24H23N5O4. The topological polar surface area (TPSA) is 104 Å². The largest absolute Gasteiger partial charge is 0.376 e. The number of fused-ring (bicyclic) bond motifs is 1. The Labute approximate surface area is 189 Å². The number of hydrogen-bond donors (Lipinski definition) is 1. The van der Waals surface area contributed by atoms with Crippen LogP contribution in [0, 0.1) is 6.92 Å². The van der Waals surface area contributed by atoms with Gasteiger partial charge in [0.1, 0.15) is 11.3 Å². The molecule has 1 aliphatic heterocycles. The molecule has 0 atom stereocenters. The van der Waals surface area contributed by atoms with Crippen LogP contribution < -0.4 is 5.32 Å². The molecule has 9 nitrogen and oxygen atoms in total. The predicted molar refractivity (Wildman–Crippen MR) is 119 cm³/mol. The number of nitrogens with one attached hydrogen (secondary N) is 1. The van der Waals surface area contributed by atoms with E-state index in [-0.39, 0.29) is 17.4 Å². The molecule has 1 spiro atoms. The van der Waals surface area contributed by atoms with Gasteiger partial charge in [0.2, 0.25) is 11.7 Å². The van der Waals surface area contributed by atoms with E-state index < -0.39 is 0 Å².